The summed E-state index contributed by atoms with van der Waals surface area (Å²) in [5.41, 5.74) is 1.84. The van der Waals surface area contributed by atoms with Crippen molar-refractivity contribution in [1.29, 1.82) is 0 Å². The fourth-order valence-corrected chi connectivity index (χ4v) is 2.43. The van der Waals surface area contributed by atoms with E-state index in [4.69, 9.17) is 27.9 Å². The number of hydrogen-bond donors (Lipinski definition) is 1. The zero-order valence-corrected chi connectivity index (χ0v) is 13.3. The minimum absolute atomic E-state index is 0.576. The molecule has 2 nitrogen and oxygen atoms in total. The third kappa shape index (κ3) is 3.78. The minimum atomic E-state index is 0.576. The van der Waals surface area contributed by atoms with Crippen molar-refractivity contribution in [1.82, 2.24) is 0 Å². The van der Waals surface area contributed by atoms with Crippen molar-refractivity contribution in [3.05, 3.63) is 56.5 Å². The van der Waals surface area contributed by atoms with Gasteiger partial charge in [-0.2, -0.15) is 0 Å². The third-order valence-corrected chi connectivity index (χ3v) is 3.74. The first-order valence-electron chi connectivity index (χ1n) is 5.61. The predicted molar refractivity (Wildman–Crippen MR) is 84.5 cm³/mol. The molecule has 0 saturated heterocycles. The Labute approximate surface area is 130 Å². The van der Waals surface area contributed by atoms with E-state index in [1.807, 2.05) is 24.3 Å². The van der Waals surface area contributed by atoms with Crippen LogP contribution in [0.2, 0.25) is 10.0 Å². The lowest BCUT2D eigenvalue weighted by Crippen LogP contribution is -2.02. The van der Waals surface area contributed by atoms with E-state index in [-0.39, 0.29) is 0 Å². The summed E-state index contributed by atoms with van der Waals surface area (Å²) in [5, 5.41) is 4.65. The van der Waals surface area contributed by atoms with E-state index in [2.05, 4.69) is 21.2 Å². The maximum Gasteiger partial charge on any atom is 0.142 e. The first kappa shape index (κ1) is 14.5. The predicted octanol–water partition coefficient (Wildman–Crippen LogP) is 5.38. The summed E-state index contributed by atoms with van der Waals surface area (Å²) < 4.78 is 6.28. The van der Waals surface area contributed by atoms with Crippen LogP contribution in [-0.2, 0) is 6.54 Å². The molecule has 1 N–H and O–H groups in total. The van der Waals surface area contributed by atoms with Crippen LogP contribution in [0.15, 0.2) is 40.9 Å². The topological polar surface area (TPSA) is 21.3 Å². The number of methoxy groups -OCH3 is 1. The van der Waals surface area contributed by atoms with Gasteiger partial charge in [0.1, 0.15) is 5.75 Å². The maximum absolute atomic E-state index is 6.13. The minimum Gasteiger partial charge on any atom is -0.495 e. The van der Waals surface area contributed by atoms with Gasteiger partial charge in [-0.25, -0.2) is 0 Å². The first-order valence-corrected chi connectivity index (χ1v) is 7.16. The average molecular weight is 361 g/mol. The van der Waals surface area contributed by atoms with E-state index >= 15 is 0 Å². The van der Waals surface area contributed by atoms with Crippen molar-refractivity contribution < 1.29 is 4.74 Å². The van der Waals surface area contributed by atoms with Gasteiger partial charge in [0.05, 0.1) is 12.8 Å². The zero-order chi connectivity index (χ0) is 13.8. The van der Waals surface area contributed by atoms with E-state index in [1.54, 1.807) is 19.2 Å². The van der Waals surface area contributed by atoms with Gasteiger partial charge < -0.3 is 10.1 Å². The molecule has 0 amide bonds. The van der Waals surface area contributed by atoms with Gasteiger partial charge in [0.15, 0.2) is 0 Å². The summed E-state index contributed by atoms with van der Waals surface area (Å²) in [6, 6.07) is 11.2. The molecule has 0 bridgehead atoms. The number of ether oxygens (including phenoxy) is 1. The molecule has 0 heterocycles. The van der Waals surface area contributed by atoms with Crippen LogP contribution in [0.1, 0.15) is 5.56 Å². The molecule has 0 fully saturated rings. The highest BCUT2D eigenvalue weighted by molar-refractivity contribution is 9.10. The third-order valence-electron chi connectivity index (χ3n) is 2.64. The Hall–Kier alpha value is -0.900. The van der Waals surface area contributed by atoms with Crippen molar-refractivity contribution in [3.63, 3.8) is 0 Å². The highest BCUT2D eigenvalue weighted by Crippen LogP contribution is 2.29. The van der Waals surface area contributed by atoms with Crippen LogP contribution in [0.3, 0.4) is 0 Å². The molecule has 0 saturated carbocycles. The van der Waals surface area contributed by atoms with Crippen molar-refractivity contribution in [2.45, 2.75) is 6.54 Å². The van der Waals surface area contributed by atoms with Gasteiger partial charge >= 0.3 is 0 Å². The van der Waals surface area contributed by atoms with E-state index in [1.165, 1.54) is 0 Å². The average Bonchev–Trinajstić information content (AvgIpc) is 2.40. The van der Waals surface area contributed by atoms with Crippen LogP contribution >= 0.6 is 39.1 Å². The Morgan fingerprint density at radius 1 is 1.16 bits per heavy atom. The summed E-state index contributed by atoms with van der Waals surface area (Å²) in [6.45, 7) is 0.576. The normalized spacial score (nSPS) is 10.3. The van der Waals surface area contributed by atoms with Crippen LogP contribution in [0, 0.1) is 0 Å². The Bertz CT molecular complexity index is 590. The lowest BCUT2D eigenvalue weighted by molar-refractivity contribution is 0.416. The number of halogens is 3. The summed E-state index contributed by atoms with van der Waals surface area (Å²) in [6.07, 6.45) is 0. The molecular weight excluding hydrogens is 349 g/mol. The highest BCUT2D eigenvalue weighted by atomic mass is 79.9. The SMILES string of the molecule is COc1ccc(Br)cc1NCc1cc(Cl)ccc1Cl. The smallest absolute Gasteiger partial charge is 0.142 e. The molecule has 0 radical (unpaired) electrons. The molecule has 0 aliphatic heterocycles. The van der Waals surface area contributed by atoms with Gasteiger partial charge in [0, 0.05) is 21.1 Å². The van der Waals surface area contributed by atoms with Crippen LogP contribution in [-0.4, -0.2) is 7.11 Å². The fourth-order valence-electron chi connectivity index (χ4n) is 1.69. The molecule has 0 aliphatic carbocycles. The van der Waals surface area contributed by atoms with E-state index in [0.29, 0.717) is 16.6 Å². The maximum atomic E-state index is 6.13. The largest absolute Gasteiger partial charge is 0.495 e. The van der Waals surface area contributed by atoms with Crippen molar-refractivity contribution in [3.8, 4) is 5.75 Å². The van der Waals surface area contributed by atoms with Crippen LogP contribution in [0.5, 0.6) is 5.75 Å². The Morgan fingerprint density at radius 3 is 2.68 bits per heavy atom. The molecule has 2 rings (SSSR count). The standard InChI is InChI=1S/C14H12BrCl2NO/c1-19-14-5-2-10(15)7-13(14)18-8-9-6-11(16)3-4-12(9)17/h2-7,18H,8H2,1H3. The van der Waals surface area contributed by atoms with Gasteiger partial charge in [-0.15, -0.1) is 0 Å². The summed E-state index contributed by atoms with van der Waals surface area (Å²) >= 11 is 15.5. The van der Waals surface area contributed by atoms with Gasteiger partial charge in [-0.05, 0) is 42.0 Å². The summed E-state index contributed by atoms with van der Waals surface area (Å²) in [4.78, 5) is 0. The number of anilines is 1. The lowest BCUT2D eigenvalue weighted by atomic mass is 10.2. The molecule has 2 aromatic carbocycles. The second-order valence-corrected chi connectivity index (χ2v) is 5.69. The lowest BCUT2D eigenvalue weighted by Gasteiger charge is -2.12. The quantitative estimate of drug-likeness (QED) is 0.790. The molecule has 0 unspecified atom stereocenters. The molecule has 0 spiro atoms. The van der Waals surface area contributed by atoms with Crippen LogP contribution < -0.4 is 10.1 Å². The van der Waals surface area contributed by atoms with Crippen molar-refractivity contribution in [2.75, 3.05) is 12.4 Å². The first-order chi connectivity index (χ1) is 9.10. The Morgan fingerprint density at radius 2 is 1.95 bits per heavy atom. The van der Waals surface area contributed by atoms with E-state index in [0.717, 1.165) is 21.5 Å². The second-order valence-electron chi connectivity index (χ2n) is 3.93. The zero-order valence-electron chi connectivity index (χ0n) is 10.2. The van der Waals surface area contributed by atoms with Gasteiger partial charge in [-0.1, -0.05) is 39.1 Å². The van der Waals surface area contributed by atoms with Gasteiger partial charge in [0.2, 0.25) is 0 Å². The Balaban J connectivity index is 2.18. The molecular formula is C14H12BrCl2NO. The second kappa shape index (κ2) is 6.51. The van der Waals surface area contributed by atoms with E-state index in [9.17, 15) is 0 Å². The molecule has 100 valence electrons. The van der Waals surface area contributed by atoms with E-state index < -0.39 is 0 Å². The summed E-state index contributed by atoms with van der Waals surface area (Å²) in [7, 11) is 1.64. The molecule has 2 aromatic rings. The molecule has 0 atom stereocenters. The highest BCUT2D eigenvalue weighted by Gasteiger charge is 2.05. The molecule has 0 aliphatic rings. The van der Waals surface area contributed by atoms with Crippen LogP contribution in [0.4, 0.5) is 5.69 Å². The number of hydrogen-bond acceptors (Lipinski definition) is 2. The van der Waals surface area contributed by atoms with Gasteiger partial charge in [0.25, 0.3) is 0 Å². The number of nitrogens with one attached hydrogen (secondary N) is 1. The number of rotatable bonds is 4. The summed E-state index contributed by atoms with van der Waals surface area (Å²) in [5.74, 6) is 0.779. The van der Waals surface area contributed by atoms with Crippen molar-refractivity contribution >= 4 is 44.8 Å². The molecule has 0 aromatic heterocycles. The fraction of sp³-hybridized carbons (Fsp3) is 0.143. The monoisotopic (exact) mass is 359 g/mol. The molecule has 19 heavy (non-hydrogen) atoms. The van der Waals surface area contributed by atoms with Crippen molar-refractivity contribution in [2.24, 2.45) is 0 Å². The molecule has 5 heteroatoms. The number of benzene rings is 2. The van der Waals surface area contributed by atoms with Gasteiger partial charge in [-0.3, -0.25) is 0 Å². The van der Waals surface area contributed by atoms with Crippen LogP contribution in [0.25, 0.3) is 0 Å². The Kier molecular flexibility index (Phi) is 4.97.